The molecule has 2 atom stereocenters. The molecule has 2 unspecified atom stereocenters. The zero-order chi connectivity index (χ0) is 21.9. The van der Waals surface area contributed by atoms with Gasteiger partial charge in [0.2, 0.25) is 15.7 Å². The number of alkyl halides is 3. The molecule has 0 N–H and O–H groups in total. The topological polar surface area (TPSA) is 43.4 Å². The van der Waals surface area contributed by atoms with Gasteiger partial charge >= 0.3 is 5.76 Å². The first-order chi connectivity index (χ1) is 14.0. The maximum Gasteiger partial charge on any atom is 0.341 e. The van der Waals surface area contributed by atoms with Crippen LogP contribution in [0.1, 0.15) is 31.2 Å². The lowest BCUT2D eigenvalue weighted by Crippen LogP contribution is -2.29. The highest BCUT2D eigenvalue weighted by atomic mass is 32.2. The normalized spacial score (nSPS) is 28.2. The maximum atomic E-state index is 14.8. The van der Waals surface area contributed by atoms with Gasteiger partial charge in [-0.2, -0.15) is 13.2 Å². The van der Waals surface area contributed by atoms with E-state index in [4.69, 9.17) is 0 Å². The number of sulfone groups is 1. The number of hydrogen-bond acceptors (Lipinski definition) is 3. The maximum absolute atomic E-state index is 14.8. The standard InChI is InChI=1S/C21H19F5O3S/c1-29-21(26)7-6-14(17(22)18(21)23)16-11-20(8-9-20)10-15(16)12-2-4-13(5-3-12)30(27,28)19(24)25/h2-7,14,19H,8-11H2,1H3. The summed E-state index contributed by atoms with van der Waals surface area (Å²) in [5.74, 6) is -10.5. The fourth-order valence-electron chi connectivity index (χ4n) is 4.23. The Morgan fingerprint density at radius 1 is 1.10 bits per heavy atom. The van der Waals surface area contributed by atoms with Gasteiger partial charge in [0.1, 0.15) is 5.83 Å². The van der Waals surface area contributed by atoms with Gasteiger partial charge in [-0.25, -0.2) is 17.2 Å². The third-order valence-electron chi connectivity index (χ3n) is 6.19. The lowest BCUT2D eigenvalue weighted by molar-refractivity contribution is -0.0679. The number of allylic oxidation sites excluding steroid dienone is 4. The third-order valence-corrected chi connectivity index (χ3v) is 7.58. The molecule has 0 aromatic heterocycles. The van der Waals surface area contributed by atoms with Crippen molar-refractivity contribution < 1.29 is 35.1 Å². The molecule has 1 aromatic rings. The van der Waals surface area contributed by atoms with Gasteiger partial charge in [0.15, 0.2) is 0 Å². The van der Waals surface area contributed by atoms with Gasteiger partial charge in [0.05, 0.1) is 10.8 Å². The van der Waals surface area contributed by atoms with Crippen molar-refractivity contribution in [1.29, 1.82) is 0 Å². The molecule has 0 bridgehead atoms. The molecular formula is C21H19F5O3S. The van der Waals surface area contributed by atoms with E-state index in [9.17, 15) is 30.4 Å². The zero-order valence-corrected chi connectivity index (χ0v) is 16.8. The van der Waals surface area contributed by atoms with E-state index in [1.807, 2.05) is 0 Å². The summed E-state index contributed by atoms with van der Waals surface area (Å²) in [6.45, 7) is 0. The largest absolute Gasteiger partial charge is 0.341 e. The summed E-state index contributed by atoms with van der Waals surface area (Å²) >= 11 is 0. The van der Waals surface area contributed by atoms with E-state index in [0.717, 1.165) is 38.2 Å². The van der Waals surface area contributed by atoms with Crippen LogP contribution in [-0.2, 0) is 14.6 Å². The van der Waals surface area contributed by atoms with Crippen molar-refractivity contribution >= 4 is 15.4 Å². The van der Waals surface area contributed by atoms with E-state index in [-0.39, 0.29) is 5.41 Å². The summed E-state index contributed by atoms with van der Waals surface area (Å²) in [5.41, 5.74) is 1.77. The smallest absolute Gasteiger partial charge is 0.341 e. The van der Waals surface area contributed by atoms with Crippen molar-refractivity contribution in [2.75, 3.05) is 7.11 Å². The second-order valence-electron chi connectivity index (χ2n) is 8.04. The Morgan fingerprint density at radius 2 is 1.73 bits per heavy atom. The highest BCUT2D eigenvalue weighted by Crippen LogP contribution is 2.63. The van der Waals surface area contributed by atoms with E-state index in [2.05, 4.69) is 4.74 Å². The average Bonchev–Trinajstić information content (AvgIpc) is 3.37. The quantitative estimate of drug-likeness (QED) is 0.433. The molecule has 1 aromatic carbocycles. The SMILES string of the molecule is COC1(F)C=CC(C2=C(c3ccc(S(=O)(=O)C(F)F)cc3)CC3(CC3)C2)C(F)=C1F. The number of ether oxygens (including phenoxy) is 1. The van der Waals surface area contributed by atoms with Crippen molar-refractivity contribution in [2.45, 2.75) is 42.2 Å². The molecule has 4 rings (SSSR count). The Balaban J connectivity index is 1.74. The summed E-state index contributed by atoms with van der Waals surface area (Å²) in [4.78, 5) is -0.514. The first-order valence-corrected chi connectivity index (χ1v) is 10.9. The summed E-state index contributed by atoms with van der Waals surface area (Å²) in [6, 6.07) is 4.96. The fourth-order valence-corrected chi connectivity index (χ4v) is 4.95. The van der Waals surface area contributed by atoms with Crippen LogP contribution < -0.4 is 0 Å². The zero-order valence-electron chi connectivity index (χ0n) is 16.0. The Hall–Kier alpha value is -2.00. The van der Waals surface area contributed by atoms with Gasteiger partial charge in [-0.15, -0.1) is 0 Å². The van der Waals surface area contributed by atoms with E-state index in [1.54, 1.807) is 0 Å². The molecule has 30 heavy (non-hydrogen) atoms. The molecule has 3 nitrogen and oxygen atoms in total. The lowest BCUT2D eigenvalue weighted by atomic mass is 9.86. The molecule has 3 aliphatic carbocycles. The minimum absolute atomic E-state index is 0.0610. The van der Waals surface area contributed by atoms with Crippen molar-refractivity contribution in [1.82, 2.24) is 0 Å². The van der Waals surface area contributed by atoms with Gasteiger partial charge in [-0.05, 0) is 60.4 Å². The van der Waals surface area contributed by atoms with Crippen molar-refractivity contribution in [3.63, 3.8) is 0 Å². The van der Waals surface area contributed by atoms with Crippen LogP contribution in [0.3, 0.4) is 0 Å². The number of methoxy groups -OCH3 is 1. The van der Waals surface area contributed by atoms with Crippen LogP contribution in [0.25, 0.3) is 5.57 Å². The molecule has 162 valence electrons. The van der Waals surface area contributed by atoms with Crippen LogP contribution >= 0.6 is 0 Å². The predicted molar refractivity (Wildman–Crippen MR) is 100 cm³/mol. The van der Waals surface area contributed by atoms with Gasteiger partial charge in [0.25, 0.3) is 5.85 Å². The Kier molecular flexibility index (Phi) is 4.97. The van der Waals surface area contributed by atoms with E-state index in [0.29, 0.717) is 29.6 Å². The minimum Gasteiger partial charge on any atom is -0.341 e. The van der Waals surface area contributed by atoms with Gasteiger partial charge in [-0.3, -0.25) is 0 Å². The fraction of sp³-hybridized carbons (Fsp3) is 0.429. The molecule has 3 aliphatic rings. The summed E-state index contributed by atoms with van der Waals surface area (Å²) in [7, 11) is -3.79. The molecule has 9 heteroatoms. The first kappa shape index (κ1) is 21.2. The summed E-state index contributed by atoms with van der Waals surface area (Å²) < 4.78 is 96.6. The molecule has 0 radical (unpaired) electrons. The van der Waals surface area contributed by atoms with E-state index >= 15 is 0 Å². The number of hydrogen-bond donors (Lipinski definition) is 0. The average molecular weight is 446 g/mol. The molecule has 1 fully saturated rings. The van der Waals surface area contributed by atoms with E-state index < -0.39 is 43.9 Å². The van der Waals surface area contributed by atoms with Crippen LogP contribution in [0.2, 0.25) is 0 Å². The van der Waals surface area contributed by atoms with Gasteiger partial charge < -0.3 is 4.74 Å². The summed E-state index contributed by atoms with van der Waals surface area (Å²) in [5, 5.41) is 0. The van der Waals surface area contributed by atoms with Gasteiger partial charge in [0, 0.05) is 7.11 Å². The van der Waals surface area contributed by atoms with Crippen LogP contribution in [0.4, 0.5) is 22.0 Å². The van der Waals surface area contributed by atoms with Crippen molar-refractivity contribution in [3.8, 4) is 0 Å². The van der Waals surface area contributed by atoms with Crippen LogP contribution in [-0.4, -0.2) is 27.1 Å². The minimum atomic E-state index is -4.73. The second-order valence-corrected chi connectivity index (χ2v) is 9.95. The van der Waals surface area contributed by atoms with Crippen molar-refractivity contribution in [3.05, 3.63) is 59.2 Å². The third kappa shape index (κ3) is 3.32. The lowest BCUT2D eigenvalue weighted by Gasteiger charge is -2.27. The molecule has 0 saturated heterocycles. The molecule has 1 saturated carbocycles. The molecule has 0 heterocycles. The Labute approximate surface area is 170 Å². The monoisotopic (exact) mass is 446 g/mol. The highest BCUT2D eigenvalue weighted by Gasteiger charge is 2.51. The van der Waals surface area contributed by atoms with Crippen LogP contribution in [0.15, 0.2) is 58.5 Å². The molecular weight excluding hydrogens is 427 g/mol. The number of benzene rings is 1. The van der Waals surface area contributed by atoms with E-state index in [1.165, 1.54) is 18.2 Å². The Morgan fingerprint density at radius 3 is 2.27 bits per heavy atom. The van der Waals surface area contributed by atoms with Gasteiger partial charge in [-0.1, -0.05) is 23.8 Å². The highest BCUT2D eigenvalue weighted by molar-refractivity contribution is 7.91. The van der Waals surface area contributed by atoms with Crippen LogP contribution in [0, 0.1) is 11.3 Å². The predicted octanol–water partition coefficient (Wildman–Crippen LogP) is 5.66. The molecule has 0 aliphatic heterocycles. The number of halogens is 5. The molecule has 0 amide bonds. The molecule has 1 spiro atoms. The second kappa shape index (κ2) is 7.02. The number of rotatable bonds is 5. The summed E-state index contributed by atoms with van der Waals surface area (Å²) in [6.07, 6.45) is 4.97. The van der Waals surface area contributed by atoms with Crippen LogP contribution in [0.5, 0.6) is 0 Å². The first-order valence-electron chi connectivity index (χ1n) is 9.36. The van der Waals surface area contributed by atoms with Crippen molar-refractivity contribution in [2.24, 2.45) is 11.3 Å². The Bertz CT molecular complexity index is 1070.